The average Bonchev–Trinajstić information content (AvgIpc) is 3.27. The zero-order valence-corrected chi connectivity index (χ0v) is 22.2. The van der Waals surface area contributed by atoms with E-state index in [1.54, 1.807) is 25.4 Å². The molecule has 9 nitrogen and oxygen atoms in total. The molecule has 1 aliphatic rings. The van der Waals surface area contributed by atoms with Crippen LogP contribution in [0.1, 0.15) is 65.2 Å². The molecule has 1 aromatic heterocycles. The van der Waals surface area contributed by atoms with Crippen molar-refractivity contribution in [3.05, 3.63) is 92.1 Å². The molecule has 2 aromatic carbocycles. The average molecular weight is 526 g/mol. The molecule has 0 aliphatic carbocycles. The van der Waals surface area contributed by atoms with Gasteiger partial charge in [-0.1, -0.05) is 29.8 Å². The SMILES string of the molecule is Cc1ncc2c(c1-c1cc(CON[N+](=O)N(C)C(C)(C)C)ccc1C(=O)O)COC2c1ccc(Cl)cc1. The van der Waals surface area contributed by atoms with Crippen LogP contribution in [0, 0.1) is 11.8 Å². The zero-order valence-electron chi connectivity index (χ0n) is 21.4. The second-order valence-electron chi connectivity index (χ2n) is 9.93. The van der Waals surface area contributed by atoms with Crippen molar-refractivity contribution >= 4 is 17.6 Å². The number of nitrogens with zero attached hydrogens (tertiary/aromatic N) is 3. The lowest BCUT2D eigenvalue weighted by Crippen LogP contribution is -2.49. The van der Waals surface area contributed by atoms with E-state index in [4.69, 9.17) is 21.2 Å². The predicted octanol–water partition coefficient (Wildman–Crippen LogP) is 5.39. The van der Waals surface area contributed by atoms with Crippen molar-refractivity contribution in [2.24, 2.45) is 0 Å². The maximum Gasteiger partial charge on any atom is 0.336 e. The molecule has 1 aliphatic heterocycles. The molecule has 194 valence electrons. The number of aromatic nitrogens is 1. The number of benzene rings is 2. The number of halogens is 1. The predicted molar refractivity (Wildman–Crippen MR) is 139 cm³/mol. The summed E-state index contributed by atoms with van der Waals surface area (Å²) < 4.78 is 6.13. The minimum absolute atomic E-state index is 0.0367. The number of carboxylic acids is 1. The monoisotopic (exact) mass is 525 g/mol. The summed E-state index contributed by atoms with van der Waals surface area (Å²) in [5.41, 5.74) is 7.42. The normalized spacial score (nSPS) is 14.8. The number of pyridine rings is 1. The molecule has 10 heteroatoms. The Balaban J connectivity index is 1.66. The van der Waals surface area contributed by atoms with Gasteiger partial charge in [0.25, 0.3) is 4.98 Å². The Hall–Kier alpha value is -3.53. The van der Waals surface area contributed by atoms with Crippen LogP contribution < -0.4 is 5.59 Å². The van der Waals surface area contributed by atoms with E-state index in [1.807, 2.05) is 52.0 Å². The van der Waals surface area contributed by atoms with Gasteiger partial charge >= 0.3 is 5.97 Å². The number of hydrogen-bond donors (Lipinski definition) is 2. The summed E-state index contributed by atoms with van der Waals surface area (Å²) in [6.45, 7) is 7.88. The maximum atomic E-state index is 12.2. The van der Waals surface area contributed by atoms with Crippen LogP contribution in [0.3, 0.4) is 0 Å². The van der Waals surface area contributed by atoms with Gasteiger partial charge in [0, 0.05) is 33.6 Å². The van der Waals surface area contributed by atoms with Crippen LogP contribution in [0.25, 0.3) is 11.1 Å². The van der Waals surface area contributed by atoms with Crippen LogP contribution in [0.4, 0.5) is 0 Å². The molecule has 0 spiro atoms. The fourth-order valence-electron chi connectivity index (χ4n) is 4.16. The number of carbonyl (C=O) groups is 1. The first kappa shape index (κ1) is 26.5. The second kappa shape index (κ2) is 10.5. The summed E-state index contributed by atoms with van der Waals surface area (Å²) in [7, 11) is 1.65. The molecular formula is C27H30ClN4O5+. The van der Waals surface area contributed by atoms with Crippen molar-refractivity contribution < 1.29 is 24.5 Å². The Bertz CT molecular complexity index is 1340. The summed E-state index contributed by atoms with van der Waals surface area (Å²) in [5, 5.41) is 12.0. The largest absolute Gasteiger partial charge is 0.478 e. The topological polar surface area (TPSA) is 104 Å². The second-order valence-corrected chi connectivity index (χ2v) is 10.4. The molecule has 2 N–H and O–H groups in total. The van der Waals surface area contributed by atoms with Gasteiger partial charge in [0.2, 0.25) is 0 Å². The summed E-state index contributed by atoms with van der Waals surface area (Å²) in [6.07, 6.45) is 1.46. The third-order valence-electron chi connectivity index (χ3n) is 6.47. The third kappa shape index (κ3) is 5.58. The van der Waals surface area contributed by atoms with Crippen molar-refractivity contribution in [1.82, 2.24) is 15.6 Å². The van der Waals surface area contributed by atoms with Gasteiger partial charge in [-0.3, -0.25) is 4.98 Å². The molecule has 0 amide bonds. The number of hydrazine groups is 2. The number of carboxylic acid groups (broad SMARTS) is 1. The van der Waals surface area contributed by atoms with Crippen molar-refractivity contribution in [1.29, 1.82) is 0 Å². The van der Waals surface area contributed by atoms with E-state index < -0.39 is 11.5 Å². The number of rotatable bonds is 8. The lowest BCUT2D eigenvalue weighted by atomic mass is 9.90. The summed E-state index contributed by atoms with van der Waals surface area (Å²) in [6, 6.07) is 12.4. The smallest absolute Gasteiger partial charge is 0.336 e. The van der Waals surface area contributed by atoms with Crippen LogP contribution in [0.5, 0.6) is 0 Å². The van der Waals surface area contributed by atoms with Crippen LogP contribution in [0.15, 0.2) is 48.7 Å². The summed E-state index contributed by atoms with van der Waals surface area (Å²) in [4.78, 5) is 34.9. The molecule has 37 heavy (non-hydrogen) atoms. The highest BCUT2D eigenvalue weighted by Crippen LogP contribution is 2.42. The highest BCUT2D eigenvalue weighted by Gasteiger charge is 2.31. The van der Waals surface area contributed by atoms with Crippen LogP contribution in [-0.2, 0) is 22.8 Å². The van der Waals surface area contributed by atoms with Gasteiger partial charge in [-0.2, -0.15) is 0 Å². The van der Waals surface area contributed by atoms with Gasteiger partial charge < -0.3 is 9.84 Å². The molecule has 0 radical (unpaired) electrons. The van der Waals surface area contributed by atoms with Gasteiger partial charge in [-0.25, -0.2) is 9.63 Å². The fourth-order valence-corrected chi connectivity index (χ4v) is 4.29. The number of nitrogens with one attached hydrogen (secondary N) is 1. The lowest BCUT2D eigenvalue weighted by molar-refractivity contribution is -0.796. The Morgan fingerprint density at radius 2 is 1.97 bits per heavy atom. The first-order valence-corrected chi connectivity index (χ1v) is 12.2. The van der Waals surface area contributed by atoms with Crippen molar-refractivity contribution in [2.75, 3.05) is 7.05 Å². The van der Waals surface area contributed by atoms with E-state index in [2.05, 4.69) is 10.6 Å². The highest BCUT2D eigenvalue weighted by atomic mass is 35.5. The summed E-state index contributed by atoms with van der Waals surface area (Å²) >= 11 is 6.05. The number of aryl methyl sites for hydroxylation is 1. The first-order chi connectivity index (χ1) is 17.5. The first-order valence-electron chi connectivity index (χ1n) is 11.8. The number of ether oxygens (including phenoxy) is 1. The third-order valence-corrected chi connectivity index (χ3v) is 6.72. The van der Waals surface area contributed by atoms with Gasteiger partial charge in [0.05, 0.1) is 29.7 Å². The molecule has 0 fully saturated rings. The Kier molecular flexibility index (Phi) is 7.49. The molecule has 0 bridgehead atoms. The molecule has 3 aromatic rings. The standard InChI is InChI=1S/C27H29ClN4O5/c1-16-24(23-15-36-25(22(23)13-29-16)18-7-9-19(28)10-8-18)21-12-17(6-11-20(21)26(33)34)14-37-30-32(35)31(5)27(2,3)4/h6-13,25H,14-15H2,1-5H3,(H-,30,33,34,35)/p+1. The Morgan fingerprint density at radius 3 is 2.62 bits per heavy atom. The number of fused-ring (bicyclic) bond motifs is 1. The minimum atomic E-state index is -1.05. The lowest BCUT2D eigenvalue weighted by Gasteiger charge is -2.22. The number of nitroso groups, excluding NO2 is 1. The van der Waals surface area contributed by atoms with E-state index in [-0.39, 0.29) is 18.3 Å². The fraction of sp³-hybridized carbons (Fsp3) is 0.333. The maximum absolute atomic E-state index is 12.2. The number of aromatic carboxylic acids is 1. The van der Waals surface area contributed by atoms with Crippen molar-refractivity contribution in [2.45, 2.75) is 52.6 Å². The minimum Gasteiger partial charge on any atom is -0.478 e. The van der Waals surface area contributed by atoms with Crippen LogP contribution >= 0.6 is 11.6 Å². The highest BCUT2D eigenvalue weighted by molar-refractivity contribution is 6.30. The molecule has 4 rings (SSSR count). The van der Waals surface area contributed by atoms with Gasteiger partial charge in [-0.15, -0.1) is 5.01 Å². The van der Waals surface area contributed by atoms with E-state index >= 15 is 0 Å². The molecule has 2 heterocycles. The quantitative estimate of drug-likeness (QED) is 0.298. The Morgan fingerprint density at radius 1 is 1.27 bits per heavy atom. The Labute approximate surface area is 220 Å². The van der Waals surface area contributed by atoms with Gasteiger partial charge in [0.1, 0.15) is 12.7 Å². The number of hydrogen-bond acceptors (Lipinski definition) is 5. The molecule has 1 atom stereocenters. The van der Waals surface area contributed by atoms with Gasteiger partial charge in [-0.05, 0) is 74.2 Å². The molecule has 1 unspecified atom stereocenters. The van der Waals surface area contributed by atoms with Gasteiger partial charge in [0.15, 0.2) is 0 Å². The zero-order chi connectivity index (χ0) is 26.9. The van der Waals surface area contributed by atoms with Crippen LogP contribution in [0.2, 0.25) is 5.02 Å². The van der Waals surface area contributed by atoms with E-state index in [0.29, 0.717) is 33.4 Å². The molecular weight excluding hydrogens is 496 g/mol. The summed E-state index contributed by atoms with van der Waals surface area (Å²) in [5.74, 6) is -1.05. The van der Waals surface area contributed by atoms with Crippen molar-refractivity contribution in [3.63, 3.8) is 0 Å². The van der Waals surface area contributed by atoms with E-state index in [9.17, 15) is 14.8 Å². The van der Waals surface area contributed by atoms with E-state index in [0.717, 1.165) is 22.3 Å². The molecule has 0 saturated heterocycles. The van der Waals surface area contributed by atoms with Crippen molar-refractivity contribution in [3.8, 4) is 11.1 Å². The molecule has 0 saturated carbocycles. The van der Waals surface area contributed by atoms with Crippen LogP contribution in [-0.4, -0.2) is 38.6 Å². The van der Waals surface area contributed by atoms with E-state index in [1.165, 1.54) is 11.1 Å².